The van der Waals surface area contributed by atoms with Crippen molar-refractivity contribution in [1.82, 2.24) is 10.2 Å². The van der Waals surface area contributed by atoms with Gasteiger partial charge in [-0.3, -0.25) is 9.59 Å². The molecule has 1 saturated heterocycles. The molecule has 1 heterocycles. The lowest BCUT2D eigenvalue weighted by molar-refractivity contribution is -0.137. The first kappa shape index (κ1) is 14.4. The Morgan fingerprint density at radius 2 is 1.95 bits per heavy atom. The molecule has 2 aliphatic rings. The van der Waals surface area contributed by atoms with Gasteiger partial charge in [0.1, 0.15) is 6.04 Å². The van der Waals surface area contributed by atoms with Gasteiger partial charge < -0.3 is 10.2 Å². The molecule has 2 amide bonds. The van der Waals surface area contributed by atoms with Crippen LogP contribution in [0.5, 0.6) is 0 Å². The Kier molecular flexibility index (Phi) is 4.83. The van der Waals surface area contributed by atoms with Crippen molar-refractivity contribution in [3.63, 3.8) is 0 Å². The predicted molar refractivity (Wildman–Crippen MR) is 74.6 cm³/mol. The molecule has 4 nitrogen and oxygen atoms in total. The molecular formula is C15H26N2O2. The van der Waals surface area contributed by atoms with Crippen LogP contribution in [0.1, 0.15) is 58.8 Å². The Hall–Kier alpha value is -1.06. The SMILES string of the molecule is CCC(C)C1NC(=O)CCN(C2CCCCC2)C1=O. The fourth-order valence-corrected chi connectivity index (χ4v) is 3.19. The minimum Gasteiger partial charge on any atom is -0.344 e. The second kappa shape index (κ2) is 6.40. The highest BCUT2D eigenvalue weighted by atomic mass is 16.2. The van der Waals surface area contributed by atoms with Crippen molar-refractivity contribution in [2.24, 2.45) is 5.92 Å². The van der Waals surface area contributed by atoms with Gasteiger partial charge >= 0.3 is 0 Å². The third-order valence-electron chi connectivity index (χ3n) is 4.67. The van der Waals surface area contributed by atoms with E-state index >= 15 is 0 Å². The van der Waals surface area contributed by atoms with Crippen molar-refractivity contribution in [1.29, 1.82) is 0 Å². The van der Waals surface area contributed by atoms with Crippen molar-refractivity contribution in [3.8, 4) is 0 Å². The number of carbonyl (C=O) groups excluding carboxylic acids is 2. The normalized spacial score (nSPS) is 27.9. The van der Waals surface area contributed by atoms with E-state index in [0.29, 0.717) is 19.0 Å². The molecular weight excluding hydrogens is 240 g/mol. The molecule has 1 saturated carbocycles. The largest absolute Gasteiger partial charge is 0.344 e. The molecule has 2 atom stereocenters. The lowest BCUT2D eigenvalue weighted by Gasteiger charge is -2.35. The van der Waals surface area contributed by atoms with Gasteiger partial charge in [-0.25, -0.2) is 0 Å². The van der Waals surface area contributed by atoms with E-state index in [0.717, 1.165) is 19.3 Å². The summed E-state index contributed by atoms with van der Waals surface area (Å²) < 4.78 is 0. The quantitative estimate of drug-likeness (QED) is 0.850. The summed E-state index contributed by atoms with van der Waals surface area (Å²) in [5.74, 6) is 0.379. The first-order valence-electron chi connectivity index (χ1n) is 7.73. The van der Waals surface area contributed by atoms with Gasteiger partial charge in [0, 0.05) is 19.0 Å². The van der Waals surface area contributed by atoms with E-state index in [-0.39, 0.29) is 23.8 Å². The van der Waals surface area contributed by atoms with Gasteiger partial charge in [0.15, 0.2) is 0 Å². The zero-order valence-electron chi connectivity index (χ0n) is 12.2. The summed E-state index contributed by atoms with van der Waals surface area (Å²) in [5, 5.41) is 2.92. The molecule has 0 aromatic carbocycles. The van der Waals surface area contributed by atoms with Crippen molar-refractivity contribution in [2.45, 2.75) is 70.9 Å². The van der Waals surface area contributed by atoms with E-state index in [1.807, 2.05) is 11.8 Å². The maximum Gasteiger partial charge on any atom is 0.245 e. The van der Waals surface area contributed by atoms with Gasteiger partial charge in [-0.15, -0.1) is 0 Å². The maximum absolute atomic E-state index is 12.7. The molecule has 19 heavy (non-hydrogen) atoms. The number of nitrogens with zero attached hydrogens (tertiary/aromatic N) is 1. The summed E-state index contributed by atoms with van der Waals surface area (Å²) in [4.78, 5) is 26.5. The molecule has 2 unspecified atom stereocenters. The fourth-order valence-electron chi connectivity index (χ4n) is 3.19. The molecule has 2 rings (SSSR count). The standard InChI is InChI=1S/C15H26N2O2/c1-3-11(2)14-15(19)17(10-9-13(18)16-14)12-7-5-4-6-8-12/h11-12,14H,3-10H2,1-2H3,(H,16,18). The van der Waals surface area contributed by atoms with Crippen LogP contribution >= 0.6 is 0 Å². The van der Waals surface area contributed by atoms with E-state index in [9.17, 15) is 9.59 Å². The van der Waals surface area contributed by atoms with E-state index < -0.39 is 0 Å². The van der Waals surface area contributed by atoms with E-state index in [4.69, 9.17) is 0 Å². The summed E-state index contributed by atoms with van der Waals surface area (Å²) >= 11 is 0. The molecule has 108 valence electrons. The number of amides is 2. The van der Waals surface area contributed by atoms with Crippen LogP contribution in [-0.2, 0) is 9.59 Å². The highest BCUT2D eigenvalue weighted by Crippen LogP contribution is 2.25. The smallest absolute Gasteiger partial charge is 0.245 e. The maximum atomic E-state index is 12.7. The molecule has 0 bridgehead atoms. The summed E-state index contributed by atoms with van der Waals surface area (Å²) in [6.45, 7) is 4.72. The van der Waals surface area contributed by atoms with Crippen LogP contribution in [-0.4, -0.2) is 35.3 Å². The molecule has 2 fully saturated rings. The minimum absolute atomic E-state index is 0.0250. The third-order valence-corrected chi connectivity index (χ3v) is 4.67. The van der Waals surface area contributed by atoms with Crippen LogP contribution in [0.15, 0.2) is 0 Å². The molecule has 0 radical (unpaired) electrons. The first-order valence-corrected chi connectivity index (χ1v) is 7.73. The molecule has 1 N–H and O–H groups in total. The van der Waals surface area contributed by atoms with Crippen LogP contribution in [0.4, 0.5) is 0 Å². The Balaban J connectivity index is 2.13. The van der Waals surface area contributed by atoms with Crippen LogP contribution in [0, 0.1) is 5.92 Å². The molecule has 0 aromatic heterocycles. The number of carbonyl (C=O) groups is 2. The minimum atomic E-state index is -0.318. The number of rotatable bonds is 3. The first-order chi connectivity index (χ1) is 9.13. The van der Waals surface area contributed by atoms with Gasteiger partial charge in [-0.05, 0) is 18.8 Å². The Labute approximate surface area is 115 Å². The van der Waals surface area contributed by atoms with Crippen LogP contribution in [0.2, 0.25) is 0 Å². The lowest BCUT2D eigenvalue weighted by atomic mass is 9.92. The molecule has 0 spiro atoms. The summed E-state index contributed by atoms with van der Waals surface area (Å²) in [6, 6.07) is 0.0439. The van der Waals surface area contributed by atoms with E-state index in [1.54, 1.807) is 0 Å². The number of hydrogen-bond donors (Lipinski definition) is 1. The summed E-state index contributed by atoms with van der Waals surface area (Å²) in [7, 11) is 0. The van der Waals surface area contributed by atoms with Crippen molar-refractivity contribution < 1.29 is 9.59 Å². The number of nitrogens with one attached hydrogen (secondary N) is 1. The van der Waals surface area contributed by atoms with Crippen LogP contribution < -0.4 is 5.32 Å². The van der Waals surface area contributed by atoms with Gasteiger partial charge in [-0.2, -0.15) is 0 Å². The molecule has 1 aliphatic heterocycles. The fraction of sp³-hybridized carbons (Fsp3) is 0.867. The molecule has 4 heteroatoms. The van der Waals surface area contributed by atoms with Gasteiger partial charge in [-0.1, -0.05) is 39.5 Å². The molecule has 0 aromatic rings. The average Bonchev–Trinajstić information content (AvgIpc) is 2.59. The topological polar surface area (TPSA) is 49.4 Å². The highest BCUT2D eigenvalue weighted by molar-refractivity contribution is 5.90. The molecule has 1 aliphatic carbocycles. The van der Waals surface area contributed by atoms with Gasteiger partial charge in [0.2, 0.25) is 11.8 Å². The van der Waals surface area contributed by atoms with E-state index in [1.165, 1.54) is 19.3 Å². The Morgan fingerprint density at radius 3 is 2.58 bits per heavy atom. The van der Waals surface area contributed by atoms with Crippen molar-refractivity contribution in [3.05, 3.63) is 0 Å². The monoisotopic (exact) mass is 266 g/mol. The Morgan fingerprint density at radius 1 is 1.26 bits per heavy atom. The third kappa shape index (κ3) is 3.28. The van der Waals surface area contributed by atoms with E-state index in [2.05, 4.69) is 12.2 Å². The zero-order valence-corrected chi connectivity index (χ0v) is 12.2. The van der Waals surface area contributed by atoms with Crippen molar-refractivity contribution in [2.75, 3.05) is 6.54 Å². The summed E-state index contributed by atoms with van der Waals surface area (Å²) in [5.41, 5.74) is 0. The summed E-state index contributed by atoms with van der Waals surface area (Å²) in [6.07, 6.45) is 7.28. The second-order valence-corrected chi connectivity index (χ2v) is 6.00. The number of hydrogen-bond acceptors (Lipinski definition) is 2. The van der Waals surface area contributed by atoms with Gasteiger partial charge in [0.05, 0.1) is 0 Å². The Bertz CT molecular complexity index is 337. The van der Waals surface area contributed by atoms with Crippen molar-refractivity contribution >= 4 is 11.8 Å². The van der Waals surface area contributed by atoms with Crippen LogP contribution in [0.3, 0.4) is 0 Å². The highest BCUT2D eigenvalue weighted by Gasteiger charge is 2.36. The second-order valence-electron chi connectivity index (χ2n) is 6.00. The zero-order chi connectivity index (χ0) is 13.8. The average molecular weight is 266 g/mol. The lowest BCUT2D eigenvalue weighted by Crippen LogP contribution is -2.51. The predicted octanol–water partition coefficient (Wildman–Crippen LogP) is 2.08. The van der Waals surface area contributed by atoms with Crippen LogP contribution in [0.25, 0.3) is 0 Å². The van der Waals surface area contributed by atoms with Gasteiger partial charge in [0.25, 0.3) is 0 Å².